The van der Waals surface area contributed by atoms with E-state index >= 15 is 0 Å². The number of nitrogens with two attached hydrogens (primary N) is 1. The van der Waals surface area contributed by atoms with Crippen LogP contribution in [0.1, 0.15) is 21.5 Å². The van der Waals surface area contributed by atoms with E-state index in [4.69, 9.17) is 5.84 Å². The van der Waals surface area contributed by atoms with Gasteiger partial charge in [0.25, 0.3) is 5.91 Å². The third-order valence-electron chi connectivity index (χ3n) is 2.95. The summed E-state index contributed by atoms with van der Waals surface area (Å²) in [5.74, 6) is 4.52. The number of aryl methyl sites for hydroxylation is 2. The lowest BCUT2D eigenvalue weighted by molar-refractivity contribution is 0.102. The lowest BCUT2D eigenvalue weighted by Gasteiger charge is -2.11. The van der Waals surface area contributed by atoms with Crippen LogP contribution in [0, 0.1) is 19.7 Å². The van der Waals surface area contributed by atoms with Gasteiger partial charge in [0.15, 0.2) is 0 Å². The van der Waals surface area contributed by atoms with E-state index in [1.54, 1.807) is 31.2 Å². The van der Waals surface area contributed by atoms with Crippen LogP contribution in [0.25, 0.3) is 0 Å². The minimum absolute atomic E-state index is 0.143. The van der Waals surface area contributed by atoms with Crippen LogP contribution >= 0.6 is 0 Å². The molecular weight excluding hydrogens is 257 g/mol. The van der Waals surface area contributed by atoms with E-state index in [-0.39, 0.29) is 5.69 Å². The highest BCUT2D eigenvalue weighted by molar-refractivity contribution is 6.08. The molecule has 0 bridgehead atoms. The first-order chi connectivity index (χ1) is 9.51. The highest BCUT2D eigenvalue weighted by Gasteiger charge is 2.13. The maximum absolute atomic E-state index is 13.7. The number of carbonyl (C=O) groups excluding carboxylic acids is 1. The smallest absolute Gasteiger partial charge is 0.257 e. The van der Waals surface area contributed by atoms with Crippen molar-refractivity contribution in [3.8, 4) is 0 Å². The Morgan fingerprint density at radius 2 is 1.70 bits per heavy atom. The molecule has 0 saturated carbocycles. The second-order valence-corrected chi connectivity index (χ2v) is 4.63. The van der Waals surface area contributed by atoms with E-state index in [2.05, 4.69) is 10.7 Å². The van der Waals surface area contributed by atoms with Crippen molar-refractivity contribution in [2.45, 2.75) is 13.8 Å². The summed E-state index contributed by atoms with van der Waals surface area (Å²) in [4.78, 5) is 12.2. The third-order valence-corrected chi connectivity index (χ3v) is 2.95. The number of amides is 1. The van der Waals surface area contributed by atoms with Gasteiger partial charge in [-0.1, -0.05) is 12.1 Å². The second-order valence-electron chi connectivity index (χ2n) is 4.63. The quantitative estimate of drug-likeness (QED) is 0.595. The molecule has 0 saturated heterocycles. The molecule has 0 aliphatic carbocycles. The molecule has 1 amide bonds. The molecule has 0 spiro atoms. The maximum Gasteiger partial charge on any atom is 0.257 e. The molecule has 104 valence electrons. The average Bonchev–Trinajstić information content (AvgIpc) is 2.41. The molecule has 0 atom stereocenters. The molecule has 0 heterocycles. The topological polar surface area (TPSA) is 67.2 Å². The second kappa shape index (κ2) is 5.71. The molecule has 2 rings (SSSR count). The molecule has 0 unspecified atom stereocenters. The molecule has 5 heteroatoms. The molecule has 0 radical (unpaired) electrons. The van der Waals surface area contributed by atoms with Crippen molar-refractivity contribution in [2.75, 3.05) is 10.7 Å². The molecule has 0 aliphatic heterocycles. The largest absolute Gasteiger partial charge is 0.323 e. The molecule has 0 aromatic heterocycles. The van der Waals surface area contributed by atoms with E-state index in [1.165, 1.54) is 12.1 Å². The highest BCUT2D eigenvalue weighted by Crippen LogP contribution is 2.20. The summed E-state index contributed by atoms with van der Waals surface area (Å²) in [5, 5.41) is 2.54. The molecule has 2 aromatic rings. The number of benzene rings is 2. The Morgan fingerprint density at radius 3 is 2.35 bits per heavy atom. The minimum Gasteiger partial charge on any atom is -0.323 e. The van der Waals surface area contributed by atoms with Crippen LogP contribution in [0.4, 0.5) is 15.8 Å². The first-order valence-electron chi connectivity index (χ1n) is 6.16. The SMILES string of the molecule is Cc1ccc(NC(=O)c2ccc(C)cc2NN)c(F)c1. The summed E-state index contributed by atoms with van der Waals surface area (Å²) in [6.07, 6.45) is 0. The normalized spacial score (nSPS) is 10.2. The predicted molar refractivity (Wildman–Crippen MR) is 78.1 cm³/mol. The minimum atomic E-state index is -0.465. The van der Waals surface area contributed by atoms with Crippen LogP contribution in [0.5, 0.6) is 0 Å². The Bertz CT molecular complexity index is 656. The van der Waals surface area contributed by atoms with Gasteiger partial charge in [-0.2, -0.15) is 0 Å². The van der Waals surface area contributed by atoms with Crippen molar-refractivity contribution in [1.82, 2.24) is 0 Å². The van der Waals surface area contributed by atoms with Gasteiger partial charge in [0.05, 0.1) is 16.9 Å². The van der Waals surface area contributed by atoms with Crippen LogP contribution in [0.15, 0.2) is 36.4 Å². The van der Waals surface area contributed by atoms with Gasteiger partial charge in [-0.05, 0) is 49.2 Å². The van der Waals surface area contributed by atoms with Gasteiger partial charge >= 0.3 is 0 Å². The number of nitrogens with one attached hydrogen (secondary N) is 2. The molecule has 20 heavy (non-hydrogen) atoms. The summed E-state index contributed by atoms with van der Waals surface area (Å²) in [6, 6.07) is 9.82. The summed E-state index contributed by atoms with van der Waals surface area (Å²) in [6.45, 7) is 3.67. The van der Waals surface area contributed by atoms with Gasteiger partial charge < -0.3 is 10.7 Å². The molecular formula is C15H16FN3O. The van der Waals surface area contributed by atoms with Crippen molar-refractivity contribution in [3.63, 3.8) is 0 Å². The van der Waals surface area contributed by atoms with Crippen LogP contribution in [0.2, 0.25) is 0 Å². The first-order valence-corrected chi connectivity index (χ1v) is 6.16. The van der Waals surface area contributed by atoms with Crippen molar-refractivity contribution in [2.24, 2.45) is 5.84 Å². The summed E-state index contributed by atoms with van der Waals surface area (Å²) >= 11 is 0. The van der Waals surface area contributed by atoms with E-state index in [1.807, 2.05) is 6.92 Å². The summed E-state index contributed by atoms with van der Waals surface area (Å²) < 4.78 is 13.7. The number of halogens is 1. The number of hydrogen-bond acceptors (Lipinski definition) is 3. The number of hydrogen-bond donors (Lipinski definition) is 3. The fraction of sp³-hybridized carbons (Fsp3) is 0.133. The van der Waals surface area contributed by atoms with Crippen molar-refractivity contribution in [1.29, 1.82) is 0 Å². The Morgan fingerprint density at radius 1 is 1.05 bits per heavy atom. The van der Waals surface area contributed by atoms with Gasteiger partial charge in [0.2, 0.25) is 0 Å². The van der Waals surface area contributed by atoms with E-state index < -0.39 is 11.7 Å². The van der Waals surface area contributed by atoms with E-state index in [9.17, 15) is 9.18 Å². The Balaban J connectivity index is 2.28. The van der Waals surface area contributed by atoms with Crippen LogP contribution < -0.4 is 16.6 Å². The molecule has 0 fully saturated rings. The molecule has 2 aromatic carbocycles. The Hall–Kier alpha value is -2.40. The van der Waals surface area contributed by atoms with Gasteiger partial charge in [0, 0.05) is 0 Å². The van der Waals surface area contributed by atoms with E-state index in [0.29, 0.717) is 11.3 Å². The predicted octanol–water partition coefficient (Wildman–Crippen LogP) is 2.98. The monoisotopic (exact) mass is 273 g/mol. The Labute approximate surface area is 116 Å². The number of rotatable bonds is 3. The lowest BCUT2D eigenvalue weighted by Crippen LogP contribution is -2.18. The first kappa shape index (κ1) is 14.0. The number of carbonyl (C=O) groups is 1. The van der Waals surface area contributed by atoms with Crippen molar-refractivity contribution < 1.29 is 9.18 Å². The summed E-state index contributed by atoms with van der Waals surface area (Å²) in [7, 11) is 0. The van der Waals surface area contributed by atoms with Crippen molar-refractivity contribution in [3.05, 3.63) is 58.9 Å². The molecule has 4 N–H and O–H groups in total. The zero-order valence-corrected chi connectivity index (χ0v) is 11.3. The maximum atomic E-state index is 13.7. The Kier molecular flexibility index (Phi) is 4.00. The van der Waals surface area contributed by atoms with E-state index in [0.717, 1.165) is 11.1 Å². The van der Waals surface area contributed by atoms with Crippen molar-refractivity contribution >= 4 is 17.3 Å². The fourth-order valence-electron chi connectivity index (χ4n) is 1.89. The number of nitrogen functional groups attached to an aromatic ring is 1. The highest BCUT2D eigenvalue weighted by atomic mass is 19.1. The lowest BCUT2D eigenvalue weighted by atomic mass is 10.1. The van der Waals surface area contributed by atoms with Crippen LogP contribution in [-0.2, 0) is 0 Å². The number of anilines is 2. The fourth-order valence-corrected chi connectivity index (χ4v) is 1.89. The van der Waals surface area contributed by atoms with Gasteiger partial charge in [-0.25, -0.2) is 4.39 Å². The zero-order chi connectivity index (χ0) is 14.7. The molecule has 4 nitrogen and oxygen atoms in total. The van der Waals surface area contributed by atoms with Gasteiger partial charge in [0.1, 0.15) is 5.82 Å². The standard InChI is InChI=1S/C15H16FN3O/c1-9-4-6-13(12(16)7-9)18-15(20)11-5-3-10(2)8-14(11)19-17/h3-8,19H,17H2,1-2H3,(H,18,20). The van der Waals surface area contributed by atoms with Gasteiger partial charge in [-0.3, -0.25) is 10.6 Å². The average molecular weight is 273 g/mol. The third kappa shape index (κ3) is 2.95. The zero-order valence-electron chi connectivity index (χ0n) is 11.3. The van der Waals surface area contributed by atoms with Gasteiger partial charge in [-0.15, -0.1) is 0 Å². The summed E-state index contributed by atoms with van der Waals surface area (Å²) in [5.41, 5.74) is 5.23. The molecule has 0 aliphatic rings. The number of hydrazine groups is 1. The van der Waals surface area contributed by atoms with Crippen LogP contribution in [0.3, 0.4) is 0 Å². The van der Waals surface area contributed by atoms with Crippen LogP contribution in [-0.4, -0.2) is 5.91 Å².